The molecule has 0 unspecified atom stereocenters. The molecule has 0 bridgehead atoms. The molecule has 4 aromatic rings. The average Bonchev–Trinajstić information content (AvgIpc) is 3.44. The van der Waals surface area contributed by atoms with Crippen molar-refractivity contribution in [2.45, 2.75) is 13.5 Å². The first-order valence-corrected chi connectivity index (χ1v) is 11.1. The lowest BCUT2D eigenvalue weighted by atomic mass is 10.2. The van der Waals surface area contributed by atoms with Gasteiger partial charge >= 0.3 is 0 Å². The maximum atomic E-state index is 13.1. The Labute approximate surface area is 184 Å². The quantitative estimate of drug-likeness (QED) is 0.455. The van der Waals surface area contributed by atoms with Crippen molar-refractivity contribution in [2.75, 3.05) is 31.1 Å². The smallest absolute Gasteiger partial charge is 0.257 e. The van der Waals surface area contributed by atoms with Crippen LogP contribution in [0, 0.1) is 6.92 Å². The van der Waals surface area contributed by atoms with Crippen molar-refractivity contribution >= 4 is 33.3 Å². The van der Waals surface area contributed by atoms with Crippen LogP contribution in [0.1, 0.15) is 21.7 Å². The fourth-order valence-electron chi connectivity index (χ4n) is 3.89. The first-order chi connectivity index (χ1) is 15.2. The Hall–Kier alpha value is -3.32. The third-order valence-corrected chi connectivity index (χ3v) is 6.38. The highest BCUT2D eigenvalue weighted by Gasteiger charge is 2.27. The summed E-state index contributed by atoms with van der Waals surface area (Å²) >= 11 is 1.52. The summed E-state index contributed by atoms with van der Waals surface area (Å²) in [5.74, 6) is 2.32. The highest BCUT2D eigenvalue weighted by molar-refractivity contribution is 7.13. The van der Waals surface area contributed by atoms with E-state index in [1.807, 2.05) is 48.2 Å². The molecule has 31 heavy (non-hydrogen) atoms. The number of hydrogen-bond donors (Lipinski definition) is 0. The van der Waals surface area contributed by atoms with Crippen LogP contribution in [0.4, 0.5) is 5.82 Å². The molecular formula is C24H23N3O3S. The van der Waals surface area contributed by atoms with Gasteiger partial charge in [-0.05, 0) is 54.4 Å². The van der Waals surface area contributed by atoms with Crippen LogP contribution in [0.25, 0.3) is 10.1 Å². The molecule has 0 atom stereocenters. The standard InChI is InChI=1S/C24H23N3O3S/c1-17-5-4-6-18(15-17)30-16-21-19(9-14-29-21)24(28)27-12-10-26(11-13-27)23-20-7-2-3-8-22(20)31-25-23/h2-9,14-15H,10-13,16H2,1H3. The van der Waals surface area contributed by atoms with Gasteiger partial charge in [0.2, 0.25) is 0 Å². The van der Waals surface area contributed by atoms with Crippen LogP contribution < -0.4 is 9.64 Å². The Morgan fingerprint density at radius 2 is 1.94 bits per heavy atom. The number of amides is 1. The SMILES string of the molecule is Cc1cccc(OCc2occc2C(=O)N2CCN(c3nsc4ccccc34)CC2)c1. The van der Waals surface area contributed by atoms with E-state index in [-0.39, 0.29) is 12.5 Å². The summed E-state index contributed by atoms with van der Waals surface area (Å²) < 4.78 is 17.2. The zero-order chi connectivity index (χ0) is 21.2. The Morgan fingerprint density at radius 3 is 2.77 bits per heavy atom. The molecule has 0 saturated carbocycles. The van der Waals surface area contributed by atoms with Crippen LogP contribution in [0.3, 0.4) is 0 Å². The number of carbonyl (C=O) groups excluding carboxylic acids is 1. The topological polar surface area (TPSA) is 58.8 Å². The van der Waals surface area contributed by atoms with Gasteiger partial charge in [0.15, 0.2) is 5.76 Å². The van der Waals surface area contributed by atoms with E-state index in [0.717, 1.165) is 30.2 Å². The van der Waals surface area contributed by atoms with E-state index in [1.165, 1.54) is 21.6 Å². The van der Waals surface area contributed by atoms with Gasteiger partial charge in [-0.2, -0.15) is 4.37 Å². The van der Waals surface area contributed by atoms with Gasteiger partial charge < -0.3 is 19.0 Å². The fourth-order valence-corrected chi connectivity index (χ4v) is 4.69. The monoisotopic (exact) mass is 433 g/mol. The van der Waals surface area contributed by atoms with Crippen molar-refractivity contribution < 1.29 is 13.9 Å². The third kappa shape index (κ3) is 4.01. The number of nitrogens with zero attached hydrogens (tertiary/aromatic N) is 3. The second kappa shape index (κ2) is 8.43. The molecule has 2 aromatic carbocycles. The van der Waals surface area contributed by atoms with Gasteiger partial charge in [0, 0.05) is 31.6 Å². The van der Waals surface area contributed by atoms with E-state index in [0.29, 0.717) is 24.4 Å². The molecule has 1 fully saturated rings. The number of hydrogen-bond acceptors (Lipinski definition) is 6. The van der Waals surface area contributed by atoms with Gasteiger partial charge in [0.25, 0.3) is 5.91 Å². The molecule has 7 heteroatoms. The molecule has 3 heterocycles. The van der Waals surface area contributed by atoms with E-state index >= 15 is 0 Å². The molecule has 5 rings (SSSR count). The largest absolute Gasteiger partial charge is 0.486 e. The first kappa shape index (κ1) is 19.6. The van der Waals surface area contributed by atoms with Gasteiger partial charge in [-0.1, -0.05) is 24.3 Å². The predicted octanol–water partition coefficient (Wildman–Crippen LogP) is 4.74. The van der Waals surface area contributed by atoms with E-state index in [9.17, 15) is 4.79 Å². The molecule has 1 saturated heterocycles. The van der Waals surface area contributed by atoms with Crippen molar-refractivity contribution in [3.8, 4) is 5.75 Å². The fraction of sp³-hybridized carbons (Fsp3) is 0.250. The minimum Gasteiger partial charge on any atom is -0.486 e. The van der Waals surface area contributed by atoms with Crippen LogP contribution in [0.15, 0.2) is 65.3 Å². The van der Waals surface area contributed by atoms with E-state index < -0.39 is 0 Å². The van der Waals surface area contributed by atoms with Crippen LogP contribution in [0.2, 0.25) is 0 Å². The molecule has 0 N–H and O–H groups in total. The number of aromatic nitrogens is 1. The van der Waals surface area contributed by atoms with Crippen LogP contribution in [0.5, 0.6) is 5.75 Å². The molecule has 6 nitrogen and oxygen atoms in total. The molecule has 0 aliphatic carbocycles. The number of carbonyl (C=O) groups is 1. The van der Waals surface area contributed by atoms with E-state index in [2.05, 4.69) is 21.4 Å². The van der Waals surface area contributed by atoms with Gasteiger partial charge in [-0.25, -0.2) is 0 Å². The lowest BCUT2D eigenvalue weighted by Crippen LogP contribution is -2.49. The lowest BCUT2D eigenvalue weighted by Gasteiger charge is -2.35. The highest BCUT2D eigenvalue weighted by atomic mass is 32.1. The van der Waals surface area contributed by atoms with Crippen LogP contribution >= 0.6 is 11.5 Å². The van der Waals surface area contributed by atoms with Gasteiger partial charge in [-0.3, -0.25) is 4.79 Å². The maximum Gasteiger partial charge on any atom is 0.257 e. The van der Waals surface area contributed by atoms with E-state index in [4.69, 9.17) is 9.15 Å². The molecule has 2 aromatic heterocycles. The normalized spacial score (nSPS) is 14.2. The maximum absolute atomic E-state index is 13.1. The summed E-state index contributed by atoms with van der Waals surface area (Å²) in [6.45, 7) is 5.05. The van der Waals surface area contributed by atoms with Crippen molar-refractivity contribution in [1.82, 2.24) is 9.27 Å². The number of ether oxygens (including phenoxy) is 1. The van der Waals surface area contributed by atoms with Crippen LogP contribution in [-0.4, -0.2) is 41.4 Å². The second-order valence-electron chi connectivity index (χ2n) is 7.64. The van der Waals surface area contributed by atoms with Gasteiger partial charge in [0.1, 0.15) is 18.2 Å². The molecule has 0 spiro atoms. The molecule has 1 aliphatic heterocycles. The van der Waals surface area contributed by atoms with Gasteiger partial charge in [-0.15, -0.1) is 0 Å². The number of anilines is 1. The number of fused-ring (bicyclic) bond motifs is 1. The van der Waals surface area contributed by atoms with Crippen molar-refractivity contribution in [2.24, 2.45) is 0 Å². The summed E-state index contributed by atoms with van der Waals surface area (Å²) in [6, 6.07) is 17.8. The van der Waals surface area contributed by atoms with Crippen molar-refractivity contribution in [3.63, 3.8) is 0 Å². The number of aryl methyl sites for hydroxylation is 1. The third-order valence-electron chi connectivity index (χ3n) is 5.56. The predicted molar refractivity (Wildman–Crippen MR) is 122 cm³/mol. The molecular weight excluding hydrogens is 410 g/mol. The number of furan rings is 1. The Kier molecular flexibility index (Phi) is 5.34. The summed E-state index contributed by atoms with van der Waals surface area (Å²) in [5.41, 5.74) is 1.69. The minimum absolute atomic E-state index is 0.0145. The Bertz CT molecular complexity index is 1210. The minimum atomic E-state index is -0.0145. The molecule has 1 amide bonds. The van der Waals surface area contributed by atoms with Crippen molar-refractivity contribution in [1.29, 1.82) is 0 Å². The van der Waals surface area contributed by atoms with Crippen LogP contribution in [-0.2, 0) is 6.61 Å². The molecule has 158 valence electrons. The van der Waals surface area contributed by atoms with Gasteiger partial charge in [0.05, 0.1) is 16.5 Å². The summed E-state index contributed by atoms with van der Waals surface area (Å²) in [5, 5.41) is 1.18. The lowest BCUT2D eigenvalue weighted by molar-refractivity contribution is 0.0742. The molecule has 0 radical (unpaired) electrons. The van der Waals surface area contributed by atoms with Crippen molar-refractivity contribution in [3.05, 3.63) is 77.7 Å². The highest BCUT2D eigenvalue weighted by Crippen LogP contribution is 2.30. The Balaban J connectivity index is 1.23. The first-order valence-electron chi connectivity index (χ1n) is 10.3. The Morgan fingerprint density at radius 1 is 1.10 bits per heavy atom. The second-order valence-corrected chi connectivity index (χ2v) is 8.45. The zero-order valence-electron chi connectivity index (χ0n) is 17.3. The summed E-state index contributed by atoms with van der Waals surface area (Å²) in [7, 11) is 0. The summed E-state index contributed by atoms with van der Waals surface area (Å²) in [4.78, 5) is 17.3. The zero-order valence-corrected chi connectivity index (χ0v) is 18.1. The molecule has 1 aliphatic rings. The number of benzene rings is 2. The average molecular weight is 434 g/mol. The number of rotatable bonds is 5. The summed E-state index contributed by atoms with van der Waals surface area (Å²) in [6.07, 6.45) is 1.56. The number of piperazine rings is 1. The van der Waals surface area contributed by atoms with E-state index in [1.54, 1.807) is 12.3 Å².